The average molecular weight is 453 g/mol. The fourth-order valence-corrected chi connectivity index (χ4v) is 4.94. The van der Waals surface area contributed by atoms with Crippen LogP contribution >= 0.6 is 22.7 Å². The van der Waals surface area contributed by atoms with Crippen LogP contribution in [0.5, 0.6) is 0 Å². The number of nitrogens with one attached hydrogen (secondary N) is 2. The summed E-state index contributed by atoms with van der Waals surface area (Å²) in [6.45, 7) is 4.41. The van der Waals surface area contributed by atoms with Crippen molar-refractivity contribution in [1.82, 2.24) is 20.2 Å². The van der Waals surface area contributed by atoms with E-state index in [0.717, 1.165) is 21.8 Å². The van der Waals surface area contributed by atoms with E-state index in [-0.39, 0.29) is 17.7 Å². The second kappa shape index (κ2) is 9.45. The summed E-state index contributed by atoms with van der Waals surface area (Å²) >= 11 is 3.19. The third kappa shape index (κ3) is 5.03. The van der Waals surface area contributed by atoms with Crippen LogP contribution < -0.4 is 10.6 Å². The molecule has 2 amide bonds. The highest BCUT2D eigenvalue weighted by molar-refractivity contribution is 7.20. The molecule has 1 atom stereocenters. The lowest BCUT2D eigenvalue weighted by Crippen LogP contribution is -2.50. The molecule has 3 heterocycles. The predicted molar refractivity (Wildman–Crippen MR) is 126 cm³/mol. The number of nitrogens with zero attached hydrogens (tertiary/aromatic N) is 2. The van der Waals surface area contributed by atoms with E-state index in [1.165, 1.54) is 16.2 Å². The zero-order valence-electron chi connectivity index (χ0n) is 17.4. The number of fused-ring (bicyclic) bond motifs is 1. The molecule has 1 unspecified atom stereocenters. The van der Waals surface area contributed by atoms with E-state index in [0.29, 0.717) is 12.1 Å². The number of aromatic nitrogens is 2. The van der Waals surface area contributed by atoms with Crippen molar-refractivity contribution >= 4 is 44.7 Å². The minimum atomic E-state index is -0.594. The van der Waals surface area contributed by atoms with Crippen LogP contribution in [0.25, 0.3) is 15.3 Å². The molecule has 6 nitrogen and oxygen atoms in total. The summed E-state index contributed by atoms with van der Waals surface area (Å²) in [7, 11) is 0. The van der Waals surface area contributed by atoms with Gasteiger partial charge in [0.2, 0.25) is 5.91 Å². The number of rotatable bonds is 8. The molecule has 0 radical (unpaired) electrons. The van der Waals surface area contributed by atoms with Gasteiger partial charge in [-0.25, -0.2) is 4.98 Å². The molecule has 0 aliphatic rings. The third-order valence-electron chi connectivity index (χ3n) is 4.95. The lowest BCUT2D eigenvalue weighted by Gasteiger charge is -2.21. The van der Waals surface area contributed by atoms with Crippen molar-refractivity contribution in [2.45, 2.75) is 26.3 Å². The molecule has 0 saturated carbocycles. The third-order valence-corrected chi connectivity index (χ3v) is 6.92. The van der Waals surface area contributed by atoms with Crippen LogP contribution in [0.2, 0.25) is 0 Å². The van der Waals surface area contributed by atoms with Gasteiger partial charge >= 0.3 is 0 Å². The van der Waals surface area contributed by atoms with E-state index >= 15 is 0 Å². The Bertz CT molecular complexity index is 1160. The highest BCUT2D eigenvalue weighted by Crippen LogP contribution is 2.26. The molecule has 0 fully saturated rings. The van der Waals surface area contributed by atoms with Crippen molar-refractivity contribution in [3.05, 3.63) is 70.7 Å². The SMILES string of the molecule is CC(C)C(NC(=O)c1ccc2nc(-n3cccc3)sc2c1)C(=O)NCCc1cccs1. The molecular formula is C23H24N4O2S2. The van der Waals surface area contributed by atoms with Gasteiger partial charge in [-0.2, -0.15) is 0 Å². The summed E-state index contributed by atoms with van der Waals surface area (Å²) in [5, 5.41) is 8.73. The van der Waals surface area contributed by atoms with Gasteiger partial charge in [0.05, 0.1) is 10.2 Å². The Labute approximate surface area is 188 Å². The van der Waals surface area contributed by atoms with Crippen LogP contribution in [0.4, 0.5) is 0 Å². The summed E-state index contributed by atoms with van der Waals surface area (Å²) in [6, 6.07) is 12.8. The first-order valence-corrected chi connectivity index (χ1v) is 11.9. The smallest absolute Gasteiger partial charge is 0.251 e. The van der Waals surface area contributed by atoms with Gasteiger partial charge in [-0.05, 0) is 54.1 Å². The number of thiophene rings is 1. The maximum Gasteiger partial charge on any atom is 0.251 e. The topological polar surface area (TPSA) is 76.0 Å². The molecule has 3 aromatic heterocycles. The average Bonchev–Trinajstić information content (AvgIpc) is 3.52. The quantitative estimate of drug-likeness (QED) is 0.419. The minimum Gasteiger partial charge on any atom is -0.354 e. The predicted octanol–water partition coefficient (Wildman–Crippen LogP) is 4.26. The first kappa shape index (κ1) is 21.3. The van der Waals surface area contributed by atoms with E-state index in [4.69, 9.17) is 0 Å². The molecule has 0 spiro atoms. The largest absolute Gasteiger partial charge is 0.354 e. The van der Waals surface area contributed by atoms with E-state index in [9.17, 15) is 9.59 Å². The summed E-state index contributed by atoms with van der Waals surface area (Å²) in [4.78, 5) is 31.4. The number of amides is 2. The lowest BCUT2D eigenvalue weighted by molar-refractivity contribution is -0.123. The van der Waals surface area contributed by atoms with Gasteiger partial charge < -0.3 is 15.2 Å². The highest BCUT2D eigenvalue weighted by Gasteiger charge is 2.24. The minimum absolute atomic E-state index is 0.0295. The van der Waals surface area contributed by atoms with Gasteiger partial charge in [0.25, 0.3) is 5.91 Å². The van der Waals surface area contributed by atoms with Gasteiger partial charge in [0, 0.05) is 29.4 Å². The highest BCUT2D eigenvalue weighted by atomic mass is 32.1. The van der Waals surface area contributed by atoms with Gasteiger partial charge in [0.1, 0.15) is 6.04 Å². The van der Waals surface area contributed by atoms with Crippen LogP contribution in [0.1, 0.15) is 29.1 Å². The zero-order valence-corrected chi connectivity index (χ0v) is 19.0. The van der Waals surface area contributed by atoms with Crippen molar-refractivity contribution < 1.29 is 9.59 Å². The second-order valence-electron chi connectivity index (χ2n) is 7.58. The number of hydrogen-bond donors (Lipinski definition) is 2. The fraction of sp³-hybridized carbons (Fsp3) is 0.261. The first-order chi connectivity index (χ1) is 15.0. The van der Waals surface area contributed by atoms with Crippen molar-refractivity contribution in [2.24, 2.45) is 5.92 Å². The Balaban J connectivity index is 1.43. The molecule has 2 N–H and O–H groups in total. The summed E-state index contributed by atoms with van der Waals surface area (Å²) in [5.74, 6) is -0.447. The van der Waals surface area contributed by atoms with E-state index in [1.807, 2.05) is 66.5 Å². The van der Waals surface area contributed by atoms with E-state index in [1.54, 1.807) is 17.4 Å². The van der Waals surface area contributed by atoms with Crippen LogP contribution in [0.3, 0.4) is 0 Å². The molecule has 0 aliphatic heterocycles. The molecule has 0 bridgehead atoms. The van der Waals surface area contributed by atoms with E-state index < -0.39 is 6.04 Å². The lowest BCUT2D eigenvalue weighted by atomic mass is 10.0. The van der Waals surface area contributed by atoms with Crippen molar-refractivity contribution in [1.29, 1.82) is 0 Å². The van der Waals surface area contributed by atoms with Crippen molar-refractivity contribution in [2.75, 3.05) is 6.54 Å². The summed E-state index contributed by atoms with van der Waals surface area (Å²) in [5.41, 5.74) is 1.37. The maximum atomic E-state index is 12.9. The van der Waals surface area contributed by atoms with Crippen molar-refractivity contribution in [3.8, 4) is 5.13 Å². The number of benzene rings is 1. The van der Waals surface area contributed by atoms with E-state index in [2.05, 4.69) is 21.7 Å². The van der Waals surface area contributed by atoms with Gasteiger partial charge in [-0.1, -0.05) is 31.3 Å². The molecular weight excluding hydrogens is 428 g/mol. The Kier molecular flexibility index (Phi) is 6.48. The van der Waals surface area contributed by atoms with Crippen LogP contribution in [0.15, 0.2) is 60.2 Å². The standard InChI is InChI=1S/C23H24N4O2S2/c1-15(2)20(22(29)24-10-9-17-6-5-13-30-17)26-21(28)16-7-8-18-19(14-16)31-23(25-18)27-11-3-4-12-27/h3-8,11-15,20H,9-10H2,1-2H3,(H,24,29)(H,26,28). The molecule has 160 valence electrons. The van der Waals surface area contributed by atoms with Crippen LogP contribution in [-0.4, -0.2) is 34.0 Å². The number of thiazole rings is 1. The fourth-order valence-electron chi connectivity index (χ4n) is 3.26. The Morgan fingerprint density at radius 3 is 2.65 bits per heavy atom. The maximum absolute atomic E-state index is 12.9. The van der Waals surface area contributed by atoms with Crippen LogP contribution in [-0.2, 0) is 11.2 Å². The number of carbonyl (C=O) groups excluding carboxylic acids is 2. The molecule has 1 aromatic carbocycles. The second-order valence-corrected chi connectivity index (χ2v) is 9.63. The zero-order chi connectivity index (χ0) is 21.8. The monoisotopic (exact) mass is 452 g/mol. The Morgan fingerprint density at radius 2 is 1.94 bits per heavy atom. The van der Waals surface area contributed by atoms with Crippen molar-refractivity contribution in [3.63, 3.8) is 0 Å². The molecule has 4 aromatic rings. The first-order valence-electron chi connectivity index (χ1n) is 10.2. The summed E-state index contributed by atoms with van der Waals surface area (Å²) in [6.07, 6.45) is 4.67. The Morgan fingerprint density at radius 1 is 1.13 bits per heavy atom. The summed E-state index contributed by atoms with van der Waals surface area (Å²) < 4.78 is 2.87. The van der Waals surface area contributed by atoms with Gasteiger partial charge in [-0.15, -0.1) is 11.3 Å². The number of hydrogen-bond acceptors (Lipinski definition) is 5. The Hall–Kier alpha value is -2.97. The molecule has 31 heavy (non-hydrogen) atoms. The molecule has 0 aliphatic carbocycles. The molecule has 8 heteroatoms. The number of carbonyl (C=O) groups is 2. The van der Waals surface area contributed by atoms with Gasteiger partial charge in [0.15, 0.2) is 5.13 Å². The van der Waals surface area contributed by atoms with Gasteiger partial charge in [-0.3, -0.25) is 9.59 Å². The molecule has 4 rings (SSSR count). The normalized spacial score (nSPS) is 12.2. The van der Waals surface area contributed by atoms with Crippen LogP contribution in [0, 0.1) is 5.92 Å². The molecule has 0 saturated heterocycles.